The van der Waals surface area contributed by atoms with Crippen LogP contribution in [0.1, 0.15) is 31.3 Å². The second kappa shape index (κ2) is 4.86. The standard InChI is InChI=1S/C13H16FN3O/c1-7(2)11(15)12-16-13(18-17-12)9-5-4-8(3)6-10(9)14/h4-7,11H,15H2,1-3H3. The summed E-state index contributed by atoms with van der Waals surface area (Å²) in [5, 5.41) is 3.80. The molecule has 18 heavy (non-hydrogen) atoms. The summed E-state index contributed by atoms with van der Waals surface area (Å²) < 4.78 is 18.8. The number of aryl methyl sites for hydroxylation is 1. The van der Waals surface area contributed by atoms with E-state index >= 15 is 0 Å². The van der Waals surface area contributed by atoms with Gasteiger partial charge in [0, 0.05) is 0 Å². The molecule has 0 aliphatic rings. The Balaban J connectivity index is 2.35. The van der Waals surface area contributed by atoms with E-state index in [4.69, 9.17) is 10.3 Å². The maximum Gasteiger partial charge on any atom is 0.260 e. The smallest absolute Gasteiger partial charge is 0.260 e. The van der Waals surface area contributed by atoms with Crippen molar-refractivity contribution >= 4 is 0 Å². The topological polar surface area (TPSA) is 64.9 Å². The molecule has 0 spiro atoms. The van der Waals surface area contributed by atoms with Crippen molar-refractivity contribution in [3.63, 3.8) is 0 Å². The van der Waals surface area contributed by atoms with Crippen LogP contribution in [0.25, 0.3) is 11.5 Å². The van der Waals surface area contributed by atoms with E-state index in [1.165, 1.54) is 6.07 Å². The summed E-state index contributed by atoms with van der Waals surface area (Å²) in [6.45, 7) is 5.75. The summed E-state index contributed by atoms with van der Waals surface area (Å²) in [6.07, 6.45) is 0. The minimum atomic E-state index is -0.372. The third kappa shape index (κ3) is 2.41. The molecule has 2 aromatic rings. The van der Waals surface area contributed by atoms with Gasteiger partial charge in [-0.05, 0) is 30.5 Å². The van der Waals surface area contributed by atoms with Crippen molar-refractivity contribution in [2.45, 2.75) is 26.8 Å². The fourth-order valence-electron chi connectivity index (χ4n) is 1.57. The largest absolute Gasteiger partial charge is 0.334 e. The molecule has 1 aromatic heterocycles. The van der Waals surface area contributed by atoms with Crippen LogP contribution in [0.4, 0.5) is 4.39 Å². The van der Waals surface area contributed by atoms with Gasteiger partial charge in [-0.2, -0.15) is 4.98 Å². The third-order valence-electron chi connectivity index (χ3n) is 2.81. The van der Waals surface area contributed by atoms with E-state index in [9.17, 15) is 4.39 Å². The van der Waals surface area contributed by atoms with Crippen LogP contribution in [-0.4, -0.2) is 10.1 Å². The van der Waals surface area contributed by atoms with E-state index in [0.717, 1.165) is 5.56 Å². The number of halogens is 1. The Morgan fingerprint density at radius 1 is 1.33 bits per heavy atom. The highest BCUT2D eigenvalue weighted by molar-refractivity contribution is 5.54. The van der Waals surface area contributed by atoms with Gasteiger partial charge >= 0.3 is 0 Å². The number of aromatic nitrogens is 2. The Morgan fingerprint density at radius 3 is 2.67 bits per heavy atom. The highest BCUT2D eigenvalue weighted by Crippen LogP contribution is 2.24. The molecule has 0 fully saturated rings. The lowest BCUT2D eigenvalue weighted by Gasteiger charge is -2.09. The van der Waals surface area contributed by atoms with Crippen LogP contribution in [0, 0.1) is 18.7 Å². The predicted molar refractivity (Wildman–Crippen MR) is 66.2 cm³/mol. The minimum absolute atomic E-state index is 0.165. The maximum absolute atomic E-state index is 13.7. The molecule has 0 radical (unpaired) electrons. The van der Waals surface area contributed by atoms with E-state index in [-0.39, 0.29) is 23.7 Å². The summed E-state index contributed by atoms with van der Waals surface area (Å²) in [4.78, 5) is 4.15. The normalized spacial score (nSPS) is 13.0. The summed E-state index contributed by atoms with van der Waals surface area (Å²) in [5.74, 6) is 0.389. The first-order valence-electron chi connectivity index (χ1n) is 5.84. The zero-order valence-corrected chi connectivity index (χ0v) is 10.6. The van der Waals surface area contributed by atoms with Crippen molar-refractivity contribution in [2.75, 3.05) is 0 Å². The van der Waals surface area contributed by atoms with Gasteiger partial charge in [-0.15, -0.1) is 0 Å². The molecule has 0 saturated heterocycles. The molecule has 0 aliphatic heterocycles. The van der Waals surface area contributed by atoms with Crippen LogP contribution < -0.4 is 5.73 Å². The highest BCUT2D eigenvalue weighted by Gasteiger charge is 2.19. The van der Waals surface area contributed by atoms with Gasteiger partial charge in [0.25, 0.3) is 5.89 Å². The molecule has 0 amide bonds. The first-order valence-corrected chi connectivity index (χ1v) is 5.84. The van der Waals surface area contributed by atoms with Crippen LogP contribution in [0.15, 0.2) is 22.7 Å². The molecule has 4 nitrogen and oxygen atoms in total. The first-order chi connectivity index (χ1) is 8.49. The lowest BCUT2D eigenvalue weighted by molar-refractivity contribution is 0.398. The number of nitrogens with zero attached hydrogens (tertiary/aromatic N) is 2. The number of rotatable bonds is 3. The number of nitrogens with two attached hydrogens (primary N) is 1. The molecule has 0 bridgehead atoms. The van der Waals surface area contributed by atoms with Gasteiger partial charge in [0.1, 0.15) is 5.82 Å². The Labute approximate surface area is 105 Å². The quantitative estimate of drug-likeness (QED) is 0.908. The molecular formula is C13H16FN3O. The number of benzene rings is 1. The minimum Gasteiger partial charge on any atom is -0.334 e. The van der Waals surface area contributed by atoms with Crippen LogP contribution >= 0.6 is 0 Å². The first kappa shape index (κ1) is 12.7. The second-order valence-electron chi connectivity index (χ2n) is 4.71. The molecule has 0 aliphatic carbocycles. The van der Waals surface area contributed by atoms with E-state index in [1.807, 2.05) is 20.8 Å². The SMILES string of the molecule is Cc1ccc(-c2nc(C(N)C(C)C)no2)c(F)c1. The van der Waals surface area contributed by atoms with Gasteiger partial charge in [0.2, 0.25) is 0 Å². The van der Waals surface area contributed by atoms with E-state index in [2.05, 4.69) is 10.1 Å². The zero-order chi connectivity index (χ0) is 13.3. The summed E-state index contributed by atoms with van der Waals surface area (Å²) in [7, 11) is 0. The molecule has 2 rings (SSSR count). The fraction of sp³-hybridized carbons (Fsp3) is 0.385. The van der Waals surface area contributed by atoms with Crippen LogP contribution in [0.5, 0.6) is 0 Å². The molecule has 2 N–H and O–H groups in total. The molecule has 5 heteroatoms. The Bertz CT molecular complexity index is 551. The Hall–Kier alpha value is -1.75. The van der Waals surface area contributed by atoms with Crippen LogP contribution in [-0.2, 0) is 0 Å². The third-order valence-corrected chi connectivity index (χ3v) is 2.81. The average molecular weight is 249 g/mol. The van der Waals surface area contributed by atoms with E-state index < -0.39 is 0 Å². The molecule has 1 heterocycles. The van der Waals surface area contributed by atoms with Gasteiger partial charge in [-0.25, -0.2) is 4.39 Å². The van der Waals surface area contributed by atoms with Crippen molar-refractivity contribution in [1.82, 2.24) is 10.1 Å². The van der Waals surface area contributed by atoms with Crippen LogP contribution in [0.3, 0.4) is 0 Å². The van der Waals surface area contributed by atoms with Crippen molar-refractivity contribution in [3.05, 3.63) is 35.4 Å². The summed E-state index contributed by atoms with van der Waals surface area (Å²) >= 11 is 0. The molecule has 0 saturated carbocycles. The predicted octanol–water partition coefficient (Wildman–Crippen LogP) is 2.84. The fourth-order valence-corrected chi connectivity index (χ4v) is 1.57. The number of hydrogen-bond acceptors (Lipinski definition) is 4. The lowest BCUT2D eigenvalue weighted by atomic mass is 10.1. The highest BCUT2D eigenvalue weighted by atomic mass is 19.1. The summed E-state index contributed by atoms with van der Waals surface area (Å²) in [6, 6.07) is 4.55. The van der Waals surface area contributed by atoms with Crippen molar-refractivity contribution in [2.24, 2.45) is 11.7 Å². The lowest BCUT2D eigenvalue weighted by Crippen LogP contribution is -2.18. The molecule has 1 atom stereocenters. The van der Waals surface area contributed by atoms with E-state index in [0.29, 0.717) is 11.4 Å². The van der Waals surface area contributed by atoms with Crippen molar-refractivity contribution in [3.8, 4) is 11.5 Å². The molecular weight excluding hydrogens is 233 g/mol. The van der Waals surface area contributed by atoms with Crippen molar-refractivity contribution < 1.29 is 8.91 Å². The van der Waals surface area contributed by atoms with E-state index in [1.54, 1.807) is 12.1 Å². The zero-order valence-electron chi connectivity index (χ0n) is 10.6. The van der Waals surface area contributed by atoms with Gasteiger partial charge in [-0.3, -0.25) is 0 Å². The van der Waals surface area contributed by atoms with Crippen molar-refractivity contribution in [1.29, 1.82) is 0 Å². The van der Waals surface area contributed by atoms with Crippen LogP contribution in [0.2, 0.25) is 0 Å². The molecule has 96 valence electrons. The maximum atomic E-state index is 13.7. The second-order valence-corrected chi connectivity index (χ2v) is 4.71. The average Bonchev–Trinajstić information content (AvgIpc) is 2.77. The monoisotopic (exact) mass is 249 g/mol. The molecule has 1 aromatic carbocycles. The van der Waals surface area contributed by atoms with Gasteiger partial charge in [0.15, 0.2) is 5.82 Å². The Kier molecular flexibility index (Phi) is 3.43. The van der Waals surface area contributed by atoms with Gasteiger partial charge in [0.05, 0.1) is 11.6 Å². The number of hydrogen-bond donors (Lipinski definition) is 1. The molecule has 1 unspecified atom stereocenters. The van der Waals surface area contributed by atoms with Gasteiger partial charge < -0.3 is 10.3 Å². The summed E-state index contributed by atoms with van der Waals surface area (Å²) in [5.41, 5.74) is 7.06. The van der Waals surface area contributed by atoms with Gasteiger partial charge in [-0.1, -0.05) is 25.1 Å². The Morgan fingerprint density at radius 2 is 2.06 bits per heavy atom.